The van der Waals surface area contributed by atoms with E-state index in [9.17, 15) is 26.4 Å². The summed E-state index contributed by atoms with van der Waals surface area (Å²) in [6.45, 7) is 3.47. The van der Waals surface area contributed by atoms with Gasteiger partial charge in [-0.2, -0.15) is 18.3 Å². The molecule has 1 N–H and O–H groups in total. The highest BCUT2D eigenvalue weighted by atomic mass is 32.2. The zero-order valence-electron chi connectivity index (χ0n) is 22.0. The van der Waals surface area contributed by atoms with E-state index >= 15 is 0 Å². The molecule has 1 heterocycles. The van der Waals surface area contributed by atoms with E-state index in [-0.39, 0.29) is 12.2 Å². The molecule has 4 aromatic rings. The van der Waals surface area contributed by atoms with Crippen LogP contribution in [-0.2, 0) is 22.7 Å². The number of hydrogen-bond acceptors (Lipinski definition) is 4. The van der Waals surface area contributed by atoms with Crippen molar-refractivity contribution in [3.05, 3.63) is 119 Å². The van der Waals surface area contributed by atoms with Crippen molar-refractivity contribution >= 4 is 27.8 Å². The topological polar surface area (TPSA) is 83.8 Å². The predicted octanol–water partition coefficient (Wildman–Crippen LogP) is 5.84. The van der Waals surface area contributed by atoms with Crippen molar-refractivity contribution in [1.82, 2.24) is 9.99 Å². The number of hydrazone groups is 1. The summed E-state index contributed by atoms with van der Waals surface area (Å²) < 4.78 is 68.1. The summed E-state index contributed by atoms with van der Waals surface area (Å²) in [5, 5.41) is 3.99. The zero-order chi connectivity index (χ0) is 29.1. The van der Waals surface area contributed by atoms with Crippen molar-refractivity contribution in [2.45, 2.75) is 26.6 Å². The summed E-state index contributed by atoms with van der Waals surface area (Å²) in [6, 6.07) is 22.2. The summed E-state index contributed by atoms with van der Waals surface area (Å²) in [6.07, 6.45) is -2.00. The fraction of sp³-hybridized carbons (Fsp3) is 0.172. The van der Waals surface area contributed by atoms with E-state index < -0.39 is 27.7 Å². The molecule has 1 amide bonds. The quantitative estimate of drug-likeness (QED) is 0.214. The lowest BCUT2D eigenvalue weighted by atomic mass is 10.1. The van der Waals surface area contributed by atoms with Crippen LogP contribution in [0.5, 0.6) is 0 Å². The minimum absolute atomic E-state index is 0.00970. The molecule has 0 aliphatic rings. The maximum Gasteiger partial charge on any atom is 0.418 e. The molecule has 0 fully saturated rings. The molecular formula is C29H27F3N4O3S. The number of rotatable bonds is 8. The molecule has 0 radical (unpaired) electrons. The Kier molecular flexibility index (Phi) is 8.15. The van der Waals surface area contributed by atoms with Gasteiger partial charge in [0.15, 0.2) is 0 Å². The van der Waals surface area contributed by atoms with Gasteiger partial charge in [0, 0.05) is 22.5 Å². The maximum absolute atomic E-state index is 13.6. The van der Waals surface area contributed by atoms with Gasteiger partial charge in [0.1, 0.15) is 0 Å². The Morgan fingerprint density at radius 3 is 2.23 bits per heavy atom. The fourth-order valence-corrected chi connectivity index (χ4v) is 5.23. The molecule has 7 nitrogen and oxygen atoms in total. The summed E-state index contributed by atoms with van der Waals surface area (Å²) in [7, 11) is -3.54. The lowest BCUT2D eigenvalue weighted by Gasteiger charge is -2.22. The number of alkyl halides is 3. The molecule has 40 heavy (non-hydrogen) atoms. The van der Waals surface area contributed by atoms with Crippen LogP contribution in [0, 0.1) is 13.8 Å². The third-order valence-electron chi connectivity index (χ3n) is 6.28. The Morgan fingerprint density at radius 2 is 1.60 bits per heavy atom. The Hall–Kier alpha value is -4.38. The molecule has 208 valence electrons. The van der Waals surface area contributed by atoms with Gasteiger partial charge < -0.3 is 4.57 Å². The van der Waals surface area contributed by atoms with Gasteiger partial charge in [0.05, 0.1) is 36.0 Å². The molecule has 0 aliphatic heterocycles. The van der Waals surface area contributed by atoms with E-state index in [1.54, 1.807) is 80.6 Å². The van der Waals surface area contributed by atoms with Crippen molar-refractivity contribution in [2.24, 2.45) is 5.10 Å². The first-order valence-corrected chi connectivity index (χ1v) is 14.0. The molecule has 0 unspecified atom stereocenters. The first kappa shape index (κ1) is 28.6. The van der Waals surface area contributed by atoms with Gasteiger partial charge in [0.2, 0.25) is 10.0 Å². The number of nitrogens with zero attached hydrogens (tertiary/aromatic N) is 3. The van der Waals surface area contributed by atoms with Crippen LogP contribution in [-0.4, -0.2) is 31.4 Å². The van der Waals surface area contributed by atoms with Crippen LogP contribution in [0.1, 0.15) is 38.4 Å². The number of anilines is 1. The Labute approximate surface area is 230 Å². The molecular weight excluding hydrogens is 541 g/mol. The summed E-state index contributed by atoms with van der Waals surface area (Å²) in [5.41, 5.74) is 4.86. The number of para-hydroxylation sites is 2. The molecule has 0 saturated carbocycles. The number of aromatic nitrogens is 1. The molecule has 0 aliphatic carbocycles. The van der Waals surface area contributed by atoms with Gasteiger partial charge in [0.25, 0.3) is 5.91 Å². The molecule has 1 aromatic heterocycles. The fourth-order valence-electron chi connectivity index (χ4n) is 4.34. The third-order valence-corrected chi connectivity index (χ3v) is 7.42. The number of hydrogen-bond donors (Lipinski definition) is 1. The zero-order valence-corrected chi connectivity index (χ0v) is 22.8. The lowest BCUT2D eigenvalue weighted by molar-refractivity contribution is -0.137. The minimum Gasteiger partial charge on any atom is -0.317 e. The van der Waals surface area contributed by atoms with Crippen LogP contribution in [0.25, 0.3) is 5.69 Å². The monoisotopic (exact) mass is 568 g/mol. The SMILES string of the molecule is Cc1cc(/C=N/NC(=O)c2ccc(CN(c3ccccc3)S(C)(=O)=O)cc2)c(C)n1-c1ccccc1C(F)(F)F. The van der Waals surface area contributed by atoms with E-state index in [0.29, 0.717) is 33.8 Å². The maximum atomic E-state index is 13.6. The number of benzene rings is 3. The molecule has 0 bridgehead atoms. The Morgan fingerprint density at radius 1 is 0.975 bits per heavy atom. The largest absolute Gasteiger partial charge is 0.418 e. The van der Waals surface area contributed by atoms with Gasteiger partial charge in [-0.3, -0.25) is 9.10 Å². The lowest BCUT2D eigenvalue weighted by Crippen LogP contribution is -2.29. The summed E-state index contributed by atoms with van der Waals surface area (Å²) in [4.78, 5) is 12.6. The van der Waals surface area contributed by atoms with Gasteiger partial charge in [-0.25, -0.2) is 13.8 Å². The van der Waals surface area contributed by atoms with Gasteiger partial charge in [-0.1, -0.05) is 42.5 Å². The first-order chi connectivity index (χ1) is 18.9. The number of aryl methyl sites for hydroxylation is 1. The average Bonchev–Trinajstić information content (AvgIpc) is 3.19. The van der Waals surface area contributed by atoms with Crippen molar-refractivity contribution in [2.75, 3.05) is 10.6 Å². The second-order valence-corrected chi connectivity index (χ2v) is 11.1. The standard InChI is InChI=1S/C29H27F3N4O3S/c1-20-17-24(21(2)36(20)27-12-8-7-11-26(27)29(30,31)32)18-33-34-28(37)23-15-13-22(14-16-23)19-35(40(3,38)39)25-9-5-4-6-10-25/h4-18H,19H2,1-3H3,(H,34,37)/b33-18+. The van der Waals surface area contributed by atoms with Crippen LogP contribution < -0.4 is 9.73 Å². The van der Waals surface area contributed by atoms with Gasteiger partial charge >= 0.3 is 6.18 Å². The smallest absolute Gasteiger partial charge is 0.317 e. The third kappa shape index (κ3) is 6.42. The van der Waals surface area contributed by atoms with Crippen molar-refractivity contribution in [3.8, 4) is 5.69 Å². The molecule has 0 atom stereocenters. The number of carbonyl (C=O) groups is 1. The van der Waals surface area contributed by atoms with E-state index in [4.69, 9.17) is 0 Å². The highest BCUT2D eigenvalue weighted by molar-refractivity contribution is 7.92. The number of nitrogens with one attached hydrogen (secondary N) is 1. The average molecular weight is 569 g/mol. The second kappa shape index (κ2) is 11.4. The summed E-state index contributed by atoms with van der Waals surface area (Å²) >= 11 is 0. The molecule has 11 heteroatoms. The molecule has 4 rings (SSSR count). The van der Waals surface area contributed by atoms with E-state index in [1.165, 1.54) is 27.2 Å². The van der Waals surface area contributed by atoms with Crippen LogP contribution in [0.4, 0.5) is 18.9 Å². The Balaban J connectivity index is 1.47. The van der Waals surface area contributed by atoms with E-state index in [2.05, 4.69) is 10.5 Å². The normalized spacial score (nSPS) is 12.1. The van der Waals surface area contributed by atoms with Crippen LogP contribution in [0.15, 0.2) is 90.0 Å². The molecule has 0 saturated heterocycles. The second-order valence-electron chi connectivity index (χ2n) is 9.18. The minimum atomic E-state index is -4.51. The van der Waals surface area contributed by atoms with Crippen LogP contribution >= 0.6 is 0 Å². The van der Waals surface area contributed by atoms with Crippen LogP contribution in [0.2, 0.25) is 0 Å². The highest BCUT2D eigenvalue weighted by Crippen LogP contribution is 2.35. The number of amides is 1. The van der Waals surface area contributed by atoms with Crippen molar-refractivity contribution in [3.63, 3.8) is 0 Å². The van der Waals surface area contributed by atoms with Crippen LogP contribution in [0.3, 0.4) is 0 Å². The summed E-state index contributed by atoms with van der Waals surface area (Å²) in [5.74, 6) is -0.498. The highest BCUT2D eigenvalue weighted by Gasteiger charge is 2.34. The first-order valence-electron chi connectivity index (χ1n) is 12.2. The Bertz CT molecular complexity index is 1650. The molecule has 0 spiro atoms. The predicted molar refractivity (Wildman–Crippen MR) is 149 cm³/mol. The van der Waals surface area contributed by atoms with Gasteiger partial charge in [-0.05, 0) is 61.9 Å². The molecule has 3 aromatic carbocycles. The number of carbonyl (C=O) groups excluding carboxylic acids is 1. The van der Waals surface area contributed by atoms with Crippen molar-refractivity contribution < 1.29 is 26.4 Å². The number of sulfonamides is 1. The number of halogens is 3. The van der Waals surface area contributed by atoms with Crippen molar-refractivity contribution in [1.29, 1.82) is 0 Å². The van der Waals surface area contributed by atoms with E-state index in [1.807, 2.05) is 0 Å². The van der Waals surface area contributed by atoms with E-state index in [0.717, 1.165) is 12.3 Å². The van der Waals surface area contributed by atoms with Gasteiger partial charge in [-0.15, -0.1) is 0 Å².